The highest BCUT2D eigenvalue weighted by molar-refractivity contribution is 7.99. The van der Waals surface area contributed by atoms with Crippen molar-refractivity contribution < 1.29 is 18.0 Å². The SMILES string of the molecule is CCCCCn1c(=O)c2ccccc2n2c(SCC(=O)Nc3cccc(C(F)(F)F)c3)nnc12. The van der Waals surface area contributed by atoms with E-state index in [0.717, 1.165) is 43.2 Å². The number of aromatic nitrogens is 4. The van der Waals surface area contributed by atoms with Crippen molar-refractivity contribution in [1.29, 1.82) is 0 Å². The lowest BCUT2D eigenvalue weighted by Crippen LogP contribution is -2.23. The zero-order chi connectivity index (χ0) is 24.3. The summed E-state index contributed by atoms with van der Waals surface area (Å²) in [5.74, 6) is -0.192. The number of carbonyl (C=O) groups is 1. The number of anilines is 1. The van der Waals surface area contributed by atoms with Crippen LogP contribution in [-0.4, -0.2) is 30.8 Å². The Balaban J connectivity index is 1.59. The van der Waals surface area contributed by atoms with E-state index in [1.54, 1.807) is 33.2 Å². The second-order valence-electron chi connectivity index (χ2n) is 7.71. The van der Waals surface area contributed by atoms with Gasteiger partial charge in [0, 0.05) is 12.2 Å². The summed E-state index contributed by atoms with van der Waals surface area (Å²) in [4.78, 5) is 25.5. The third-order valence-electron chi connectivity index (χ3n) is 5.27. The van der Waals surface area contributed by atoms with Crippen LogP contribution in [0.1, 0.15) is 31.7 Å². The molecule has 7 nitrogen and oxygen atoms in total. The molecule has 0 unspecified atom stereocenters. The summed E-state index contributed by atoms with van der Waals surface area (Å²) in [6.07, 6.45) is -1.70. The lowest BCUT2D eigenvalue weighted by molar-refractivity contribution is -0.137. The van der Waals surface area contributed by atoms with Gasteiger partial charge in [0.2, 0.25) is 11.7 Å². The Morgan fingerprint density at radius 1 is 1.09 bits per heavy atom. The van der Waals surface area contributed by atoms with Crippen LogP contribution in [0, 0.1) is 0 Å². The average Bonchev–Trinajstić information content (AvgIpc) is 3.23. The van der Waals surface area contributed by atoms with Crippen molar-refractivity contribution >= 4 is 40.0 Å². The number of unbranched alkanes of at least 4 members (excludes halogenated alkanes) is 2. The molecule has 0 atom stereocenters. The smallest absolute Gasteiger partial charge is 0.325 e. The van der Waals surface area contributed by atoms with E-state index >= 15 is 0 Å². The number of para-hydroxylation sites is 1. The Hall–Kier alpha value is -3.34. The molecule has 0 aliphatic rings. The van der Waals surface area contributed by atoms with Gasteiger partial charge in [-0.25, -0.2) is 0 Å². The molecule has 4 aromatic rings. The largest absolute Gasteiger partial charge is 0.416 e. The van der Waals surface area contributed by atoms with Crippen molar-refractivity contribution in [3.63, 3.8) is 0 Å². The van der Waals surface area contributed by atoms with E-state index in [0.29, 0.717) is 28.4 Å². The van der Waals surface area contributed by atoms with Gasteiger partial charge in [0.15, 0.2) is 5.16 Å². The van der Waals surface area contributed by atoms with Crippen LogP contribution in [0.15, 0.2) is 58.5 Å². The number of thioether (sulfide) groups is 1. The molecule has 1 N–H and O–H groups in total. The summed E-state index contributed by atoms with van der Waals surface area (Å²) in [6, 6.07) is 11.6. The number of hydrogen-bond acceptors (Lipinski definition) is 5. The lowest BCUT2D eigenvalue weighted by Gasteiger charge is -2.11. The van der Waals surface area contributed by atoms with Gasteiger partial charge in [-0.3, -0.25) is 18.6 Å². The molecule has 0 saturated carbocycles. The number of rotatable bonds is 8. The second kappa shape index (κ2) is 9.88. The molecule has 2 aromatic heterocycles. The van der Waals surface area contributed by atoms with Crippen molar-refractivity contribution in [2.45, 2.75) is 44.1 Å². The number of aryl methyl sites for hydroxylation is 1. The van der Waals surface area contributed by atoms with Crippen LogP contribution in [0.25, 0.3) is 16.7 Å². The fraction of sp³-hybridized carbons (Fsp3) is 0.304. The Labute approximate surface area is 197 Å². The number of nitrogens with one attached hydrogen (secondary N) is 1. The summed E-state index contributed by atoms with van der Waals surface area (Å²) in [5.41, 5.74) is -0.305. The third-order valence-corrected chi connectivity index (χ3v) is 6.20. The van der Waals surface area contributed by atoms with Gasteiger partial charge in [0.05, 0.1) is 22.2 Å². The quantitative estimate of drug-likeness (QED) is 0.279. The standard InChI is InChI=1S/C23H22F3N5O2S/c1-2-3-6-12-30-20(33)17-10-4-5-11-18(17)31-21(30)28-29-22(31)34-14-19(32)27-16-9-7-8-15(13-16)23(24,25)26/h4-5,7-11,13H,2-3,6,12,14H2,1H3,(H,27,32). The highest BCUT2D eigenvalue weighted by Gasteiger charge is 2.30. The number of fused-ring (bicyclic) bond motifs is 3. The topological polar surface area (TPSA) is 81.3 Å². The highest BCUT2D eigenvalue weighted by atomic mass is 32.2. The molecule has 0 aliphatic heterocycles. The molecular weight excluding hydrogens is 467 g/mol. The maximum atomic E-state index is 13.0. The molecule has 34 heavy (non-hydrogen) atoms. The summed E-state index contributed by atoms with van der Waals surface area (Å²) in [7, 11) is 0. The third kappa shape index (κ3) is 4.93. The van der Waals surface area contributed by atoms with E-state index < -0.39 is 17.6 Å². The molecule has 2 aromatic carbocycles. The monoisotopic (exact) mass is 489 g/mol. The van der Waals surface area contributed by atoms with Gasteiger partial charge in [0.25, 0.3) is 5.56 Å². The second-order valence-corrected chi connectivity index (χ2v) is 8.66. The van der Waals surface area contributed by atoms with Crippen molar-refractivity contribution in [2.24, 2.45) is 0 Å². The van der Waals surface area contributed by atoms with E-state index in [2.05, 4.69) is 22.4 Å². The Morgan fingerprint density at radius 3 is 2.65 bits per heavy atom. The van der Waals surface area contributed by atoms with Gasteiger partial charge in [-0.2, -0.15) is 13.2 Å². The van der Waals surface area contributed by atoms with Crippen LogP contribution in [0.2, 0.25) is 0 Å². The minimum absolute atomic E-state index is 0.0572. The van der Waals surface area contributed by atoms with Gasteiger partial charge in [0.1, 0.15) is 0 Å². The number of benzene rings is 2. The van der Waals surface area contributed by atoms with Crippen LogP contribution >= 0.6 is 11.8 Å². The van der Waals surface area contributed by atoms with Crippen molar-refractivity contribution in [2.75, 3.05) is 11.1 Å². The first-order chi connectivity index (χ1) is 16.3. The molecule has 0 radical (unpaired) electrons. The van der Waals surface area contributed by atoms with E-state index in [-0.39, 0.29) is 17.0 Å². The zero-order valence-corrected chi connectivity index (χ0v) is 19.1. The van der Waals surface area contributed by atoms with Crippen molar-refractivity contribution in [1.82, 2.24) is 19.2 Å². The highest BCUT2D eigenvalue weighted by Crippen LogP contribution is 2.30. The van der Waals surface area contributed by atoms with Gasteiger partial charge >= 0.3 is 6.18 Å². The average molecular weight is 490 g/mol. The number of carbonyl (C=O) groups excluding carboxylic acids is 1. The minimum Gasteiger partial charge on any atom is -0.325 e. The van der Waals surface area contributed by atoms with Gasteiger partial charge in [-0.1, -0.05) is 49.7 Å². The number of hydrogen-bond donors (Lipinski definition) is 1. The van der Waals surface area contributed by atoms with Gasteiger partial charge in [-0.05, 0) is 36.8 Å². The normalized spacial score (nSPS) is 11.9. The predicted molar refractivity (Wildman–Crippen MR) is 125 cm³/mol. The summed E-state index contributed by atoms with van der Waals surface area (Å²) in [6.45, 7) is 2.58. The predicted octanol–water partition coefficient (Wildman–Crippen LogP) is 4.98. The number of halogens is 3. The summed E-state index contributed by atoms with van der Waals surface area (Å²) >= 11 is 1.09. The van der Waals surface area contributed by atoms with Crippen LogP contribution in [0.5, 0.6) is 0 Å². The van der Waals surface area contributed by atoms with Crippen LogP contribution in [0.3, 0.4) is 0 Å². The molecule has 0 aliphatic carbocycles. The number of alkyl halides is 3. The summed E-state index contributed by atoms with van der Waals surface area (Å²) < 4.78 is 42.1. The zero-order valence-electron chi connectivity index (χ0n) is 18.3. The molecule has 4 rings (SSSR count). The molecule has 2 heterocycles. The molecule has 0 bridgehead atoms. The fourth-order valence-corrected chi connectivity index (χ4v) is 4.39. The van der Waals surface area contributed by atoms with Gasteiger partial charge in [-0.15, -0.1) is 10.2 Å². The van der Waals surface area contributed by atoms with E-state index in [9.17, 15) is 22.8 Å². The van der Waals surface area contributed by atoms with E-state index in [1.165, 1.54) is 12.1 Å². The first-order valence-corrected chi connectivity index (χ1v) is 11.7. The minimum atomic E-state index is -4.50. The first kappa shape index (κ1) is 23.8. The first-order valence-electron chi connectivity index (χ1n) is 10.8. The van der Waals surface area contributed by atoms with Gasteiger partial charge < -0.3 is 5.32 Å². The number of nitrogens with zero attached hydrogens (tertiary/aromatic N) is 4. The molecule has 11 heteroatoms. The van der Waals surface area contributed by atoms with Crippen LogP contribution in [0.4, 0.5) is 18.9 Å². The fourth-order valence-electron chi connectivity index (χ4n) is 3.65. The molecule has 0 saturated heterocycles. The molecule has 178 valence electrons. The molecule has 1 amide bonds. The van der Waals surface area contributed by atoms with E-state index in [1.807, 2.05) is 0 Å². The summed E-state index contributed by atoms with van der Waals surface area (Å²) in [5, 5.41) is 11.8. The molecular formula is C23H22F3N5O2S. The lowest BCUT2D eigenvalue weighted by atomic mass is 10.2. The van der Waals surface area contributed by atoms with Crippen molar-refractivity contribution in [3.8, 4) is 0 Å². The van der Waals surface area contributed by atoms with Crippen molar-refractivity contribution in [3.05, 3.63) is 64.4 Å². The Bertz CT molecular complexity index is 1400. The van der Waals surface area contributed by atoms with Crippen LogP contribution in [-0.2, 0) is 17.5 Å². The molecule has 0 fully saturated rings. The van der Waals surface area contributed by atoms with Crippen LogP contribution < -0.4 is 10.9 Å². The Kier molecular flexibility index (Phi) is 6.92. The maximum Gasteiger partial charge on any atom is 0.416 e. The maximum absolute atomic E-state index is 13.0. The molecule has 0 spiro atoms. The number of amides is 1. The van der Waals surface area contributed by atoms with E-state index in [4.69, 9.17) is 0 Å². The Morgan fingerprint density at radius 2 is 1.88 bits per heavy atom.